The molecule has 5 heterocycles. The van der Waals surface area contributed by atoms with E-state index in [1.54, 1.807) is 11.8 Å². The molecular weight excluding hydrogens is 595 g/mol. The smallest absolute Gasteiger partial charge is 0.318 e. The second-order valence-corrected chi connectivity index (χ2v) is 14.1. The molecule has 0 saturated carbocycles. The highest BCUT2D eigenvalue weighted by Gasteiger charge is 2.45. The Bertz CT molecular complexity index is 1500. The summed E-state index contributed by atoms with van der Waals surface area (Å²) in [5.41, 5.74) is 3.53. The highest BCUT2D eigenvalue weighted by Crippen LogP contribution is 2.40. The summed E-state index contributed by atoms with van der Waals surface area (Å²) in [5.74, 6) is 1.92. The van der Waals surface area contributed by atoms with Gasteiger partial charge in [0, 0.05) is 62.2 Å². The molecule has 4 aliphatic rings. The first-order chi connectivity index (χ1) is 21.5. The number of rotatable bonds is 11. The lowest BCUT2D eigenvalue weighted by Gasteiger charge is -2.34. The van der Waals surface area contributed by atoms with Gasteiger partial charge in [0.25, 0.3) is 0 Å². The van der Waals surface area contributed by atoms with Gasteiger partial charge in [-0.2, -0.15) is 9.97 Å². The third-order valence-corrected chi connectivity index (χ3v) is 11.0. The number of benzene rings is 2. The maximum absolute atomic E-state index is 13.1. The van der Waals surface area contributed by atoms with Crippen LogP contribution >= 0.6 is 23.4 Å². The molecule has 0 radical (unpaired) electrons. The van der Waals surface area contributed by atoms with E-state index in [1.807, 2.05) is 12.1 Å². The van der Waals surface area contributed by atoms with Crippen molar-refractivity contribution in [3.63, 3.8) is 0 Å². The van der Waals surface area contributed by atoms with Crippen LogP contribution in [0.2, 0.25) is 5.02 Å². The molecule has 7 nitrogen and oxygen atoms in total. The summed E-state index contributed by atoms with van der Waals surface area (Å²) in [6.07, 6.45) is 7.21. The Morgan fingerprint density at radius 3 is 2.70 bits per heavy atom. The van der Waals surface area contributed by atoms with E-state index in [2.05, 4.69) is 62.4 Å². The monoisotopic (exact) mass is 636 g/mol. The number of hydrogen-bond acceptors (Lipinski definition) is 8. The van der Waals surface area contributed by atoms with Crippen LogP contribution in [0.15, 0.2) is 47.9 Å². The number of fused-ring (bicyclic) bond motifs is 3. The number of thioether (sulfide) groups is 1. The van der Waals surface area contributed by atoms with E-state index in [0.717, 1.165) is 64.8 Å². The van der Waals surface area contributed by atoms with Gasteiger partial charge in [-0.15, -0.1) is 11.8 Å². The molecule has 0 N–H and O–H groups in total. The van der Waals surface area contributed by atoms with Crippen molar-refractivity contribution in [2.45, 2.75) is 50.4 Å². The number of hydrogen-bond donors (Lipinski definition) is 0. The van der Waals surface area contributed by atoms with E-state index in [1.165, 1.54) is 44.3 Å². The van der Waals surface area contributed by atoms with Crippen LogP contribution < -0.4 is 14.5 Å². The van der Waals surface area contributed by atoms with Gasteiger partial charge in [-0.3, -0.25) is 9.80 Å². The van der Waals surface area contributed by atoms with Crippen molar-refractivity contribution < 1.29 is 9.13 Å². The Hall–Kier alpha value is -2.59. The van der Waals surface area contributed by atoms with Gasteiger partial charge >= 0.3 is 6.01 Å². The van der Waals surface area contributed by atoms with E-state index in [4.69, 9.17) is 26.3 Å². The Labute approximate surface area is 269 Å². The summed E-state index contributed by atoms with van der Waals surface area (Å²) in [6, 6.07) is 13.0. The molecule has 0 aliphatic carbocycles. The molecule has 234 valence electrons. The molecule has 3 fully saturated rings. The van der Waals surface area contributed by atoms with Gasteiger partial charge in [-0.05, 0) is 68.1 Å². The molecule has 1 aromatic heterocycles. The van der Waals surface area contributed by atoms with Gasteiger partial charge in [0.05, 0.1) is 22.8 Å². The molecule has 4 aliphatic heterocycles. The summed E-state index contributed by atoms with van der Waals surface area (Å²) in [5, 5.41) is 5.16. The minimum Gasteiger partial charge on any atom is -0.461 e. The first kappa shape index (κ1) is 30.1. The number of ether oxygens (including phenoxy) is 1. The first-order valence-electron chi connectivity index (χ1n) is 16.0. The first-order valence-corrected chi connectivity index (χ1v) is 17.5. The van der Waals surface area contributed by atoms with Crippen LogP contribution in [0, 0.1) is 0 Å². The van der Waals surface area contributed by atoms with Crippen LogP contribution in [0.1, 0.15) is 36.9 Å². The average molecular weight is 637 g/mol. The molecule has 7 rings (SSSR count). The van der Waals surface area contributed by atoms with Crippen LogP contribution in [-0.2, 0) is 13.0 Å². The quantitative estimate of drug-likeness (QED) is 0.231. The minimum atomic E-state index is -0.649. The fraction of sp³-hybridized carbons (Fsp3) is 0.529. The number of aromatic nitrogens is 2. The maximum atomic E-state index is 13.1. The van der Waals surface area contributed by atoms with Gasteiger partial charge in [-0.25, -0.2) is 4.39 Å². The molecule has 44 heavy (non-hydrogen) atoms. The van der Waals surface area contributed by atoms with Gasteiger partial charge < -0.3 is 14.5 Å². The zero-order chi connectivity index (χ0) is 30.1. The summed E-state index contributed by atoms with van der Waals surface area (Å²) >= 11 is 8.51. The fourth-order valence-electron chi connectivity index (χ4n) is 7.45. The normalized spacial score (nSPS) is 20.3. The molecule has 0 bridgehead atoms. The lowest BCUT2D eigenvalue weighted by atomic mass is 9.95. The van der Waals surface area contributed by atoms with Crippen LogP contribution in [-0.4, -0.2) is 96.7 Å². The number of anilines is 2. The van der Waals surface area contributed by atoms with Gasteiger partial charge in [0.2, 0.25) is 0 Å². The van der Waals surface area contributed by atoms with Crippen LogP contribution in [0.3, 0.4) is 0 Å². The van der Waals surface area contributed by atoms with E-state index >= 15 is 0 Å². The third-order valence-electron chi connectivity index (χ3n) is 9.85. The van der Waals surface area contributed by atoms with E-state index in [0.29, 0.717) is 32.3 Å². The molecule has 0 unspecified atom stereocenters. The maximum Gasteiger partial charge on any atom is 0.318 e. The molecule has 3 saturated heterocycles. The number of alkyl halides is 1. The summed E-state index contributed by atoms with van der Waals surface area (Å²) in [6.45, 7) is 7.35. The van der Waals surface area contributed by atoms with Crippen LogP contribution in [0.25, 0.3) is 10.8 Å². The topological polar surface area (TPSA) is 48.0 Å². The standard InChI is InChI=1S/C34H42ClFN6OS/c1-39(18-20-44-19-6-14-40-21-26(36)22-40)32-27-11-17-41(30-10-3-8-25-7-2-9-28(35)31(25)30)23-29(27)37-33(38-32)43-24-34-12-4-15-42(34)16-5-13-34/h2-3,6-10,19,26H,4-5,11-18,20-24H2,1H3/b19-6+. The van der Waals surface area contributed by atoms with Gasteiger partial charge in [-0.1, -0.05) is 41.9 Å². The van der Waals surface area contributed by atoms with Crippen molar-refractivity contribution in [2.24, 2.45) is 0 Å². The van der Waals surface area contributed by atoms with E-state index < -0.39 is 6.17 Å². The largest absolute Gasteiger partial charge is 0.461 e. The second kappa shape index (κ2) is 13.0. The lowest BCUT2D eigenvalue weighted by Crippen LogP contribution is -2.48. The van der Waals surface area contributed by atoms with Crippen molar-refractivity contribution in [3.05, 3.63) is 64.2 Å². The third kappa shape index (κ3) is 6.13. The Morgan fingerprint density at radius 2 is 1.91 bits per heavy atom. The van der Waals surface area contributed by atoms with E-state index in [9.17, 15) is 4.39 Å². The van der Waals surface area contributed by atoms with Gasteiger partial charge in [0.15, 0.2) is 0 Å². The Kier molecular flexibility index (Phi) is 8.91. The lowest BCUT2D eigenvalue weighted by molar-refractivity contribution is 0.0772. The van der Waals surface area contributed by atoms with Crippen LogP contribution in [0.4, 0.5) is 15.9 Å². The SMILES string of the molecule is CN(CCS/C=C/CN1CC(F)C1)c1nc(OCC23CCCN2CCC3)nc2c1CCN(c1cccc3cccc(Cl)c13)C2. The van der Waals surface area contributed by atoms with Gasteiger partial charge in [0.1, 0.15) is 18.6 Å². The molecule has 0 spiro atoms. The molecular formula is C34H42ClFN6OS. The summed E-state index contributed by atoms with van der Waals surface area (Å²) < 4.78 is 19.6. The minimum absolute atomic E-state index is 0.140. The van der Waals surface area contributed by atoms with Crippen LogP contribution in [0.5, 0.6) is 6.01 Å². The molecule has 0 atom stereocenters. The fourth-order valence-corrected chi connectivity index (χ4v) is 8.47. The van der Waals surface area contributed by atoms with Crippen molar-refractivity contribution in [1.29, 1.82) is 0 Å². The molecule has 3 aromatic rings. The Balaban J connectivity index is 1.10. The predicted octanol–water partition coefficient (Wildman–Crippen LogP) is 6.19. The molecule has 2 aromatic carbocycles. The number of nitrogens with zero attached hydrogens (tertiary/aromatic N) is 6. The average Bonchev–Trinajstić information content (AvgIpc) is 3.60. The predicted molar refractivity (Wildman–Crippen MR) is 180 cm³/mol. The van der Waals surface area contributed by atoms with Crippen molar-refractivity contribution >= 4 is 45.6 Å². The van der Waals surface area contributed by atoms with Crippen molar-refractivity contribution in [3.8, 4) is 6.01 Å². The molecule has 0 amide bonds. The summed E-state index contributed by atoms with van der Waals surface area (Å²) in [4.78, 5) is 19.5. The Morgan fingerprint density at radius 1 is 1.11 bits per heavy atom. The summed E-state index contributed by atoms with van der Waals surface area (Å²) in [7, 11) is 2.13. The molecule has 10 heteroatoms. The highest BCUT2D eigenvalue weighted by atomic mass is 35.5. The number of likely N-dealkylation sites (tertiary alicyclic amines) is 1. The highest BCUT2D eigenvalue weighted by molar-refractivity contribution is 8.02. The van der Waals surface area contributed by atoms with Crippen molar-refractivity contribution in [1.82, 2.24) is 19.8 Å². The van der Waals surface area contributed by atoms with E-state index in [-0.39, 0.29) is 5.54 Å². The second-order valence-electron chi connectivity index (χ2n) is 12.7. The zero-order valence-corrected chi connectivity index (χ0v) is 27.1. The number of halogens is 2. The van der Waals surface area contributed by atoms with Crippen molar-refractivity contribution in [2.75, 3.05) is 75.0 Å². The zero-order valence-electron chi connectivity index (χ0n) is 25.6.